The number of hydrogen-bond acceptors (Lipinski definition) is 3. The largest absolute Gasteiger partial charge is 0.377 e. The van der Waals surface area contributed by atoms with Crippen LogP contribution in [0.5, 0.6) is 0 Å². The molecule has 0 aliphatic rings. The molecule has 1 rings (SSSR count). The van der Waals surface area contributed by atoms with Gasteiger partial charge in [-0.3, -0.25) is 4.98 Å². The van der Waals surface area contributed by atoms with Crippen LogP contribution < -0.4 is 5.32 Å². The van der Waals surface area contributed by atoms with Crippen molar-refractivity contribution in [3.8, 4) is 0 Å². The highest BCUT2D eigenvalue weighted by molar-refractivity contribution is 5.11. The summed E-state index contributed by atoms with van der Waals surface area (Å²) in [6.45, 7) is 7.07. The van der Waals surface area contributed by atoms with Crippen LogP contribution in [-0.4, -0.2) is 24.2 Å². The Morgan fingerprint density at radius 3 is 2.81 bits per heavy atom. The van der Waals surface area contributed by atoms with E-state index in [0.29, 0.717) is 12.3 Å². The van der Waals surface area contributed by atoms with Gasteiger partial charge in [0.2, 0.25) is 0 Å². The summed E-state index contributed by atoms with van der Waals surface area (Å²) < 4.78 is 19.0. The van der Waals surface area contributed by atoms with Crippen molar-refractivity contribution in [3.05, 3.63) is 29.8 Å². The molecule has 1 N–H and O–H groups in total. The van der Waals surface area contributed by atoms with Crippen molar-refractivity contribution in [1.29, 1.82) is 0 Å². The number of pyridine rings is 1. The fourth-order valence-electron chi connectivity index (χ4n) is 1.42. The minimum Gasteiger partial charge on any atom is -0.377 e. The van der Waals surface area contributed by atoms with E-state index in [2.05, 4.69) is 10.3 Å². The highest BCUT2D eigenvalue weighted by atomic mass is 19.1. The lowest BCUT2D eigenvalue weighted by Gasteiger charge is -2.19. The minimum atomic E-state index is -0.291. The van der Waals surface area contributed by atoms with Crippen LogP contribution in [0.15, 0.2) is 18.3 Å². The Morgan fingerprint density at radius 2 is 2.25 bits per heavy atom. The molecule has 90 valence electrons. The summed E-state index contributed by atoms with van der Waals surface area (Å²) in [5.74, 6) is -0.291. The van der Waals surface area contributed by atoms with Crippen molar-refractivity contribution in [2.45, 2.75) is 32.9 Å². The fourth-order valence-corrected chi connectivity index (χ4v) is 1.42. The van der Waals surface area contributed by atoms with E-state index in [-0.39, 0.29) is 18.0 Å². The third-order valence-electron chi connectivity index (χ3n) is 2.16. The summed E-state index contributed by atoms with van der Waals surface area (Å²) in [5.41, 5.74) is 0.421. The first-order chi connectivity index (χ1) is 7.65. The topological polar surface area (TPSA) is 34.1 Å². The molecule has 0 aliphatic heterocycles. The number of rotatable bonds is 6. The van der Waals surface area contributed by atoms with Crippen LogP contribution in [0, 0.1) is 5.82 Å². The fraction of sp³-hybridized carbons (Fsp3) is 0.583. The van der Waals surface area contributed by atoms with Gasteiger partial charge in [0, 0.05) is 6.20 Å². The molecular weight excluding hydrogens is 207 g/mol. The summed E-state index contributed by atoms with van der Waals surface area (Å²) >= 11 is 0. The van der Waals surface area contributed by atoms with E-state index in [1.165, 1.54) is 6.07 Å². The van der Waals surface area contributed by atoms with Crippen LogP contribution in [0.25, 0.3) is 0 Å². The van der Waals surface area contributed by atoms with E-state index in [1.807, 2.05) is 20.8 Å². The number of aromatic nitrogens is 1. The van der Waals surface area contributed by atoms with Crippen molar-refractivity contribution < 1.29 is 9.13 Å². The molecule has 0 amide bonds. The molecule has 0 saturated heterocycles. The average molecular weight is 226 g/mol. The molecular formula is C12H19FN2O. The monoisotopic (exact) mass is 226 g/mol. The molecule has 0 aliphatic carbocycles. The molecule has 1 unspecified atom stereocenters. The molecule has 0 saturated carbocycles. The Hall–Kier alpha value is -1.00. The van der Waals surface area contributed by atoms with Crippen LogP contribution in [0.2, 0.25) is 0 Å². The van der Waals surface area contributed by atoms with Crippen molar-refractivity contribution in [2.24, 2.45) is 0 Å². The second-order valence-electron chi connectivity index (χ2n) is 3.86. The Labute approximate surface area is 96.0 Å². The Morgan fingerprint density at radius 1 is 1.50 bits per heavy atom. The Kier molecular flexibility index (Phi) is 5.35. The zero-order valence-corrected chi connectivity index (χ0v) is 10.0. The number of nitrogens with zero attached hydrogens (tertiary/aromatic N) is 1. The number of ether oxygens (including phenoxy) is 1. The second kappa shape index (κ2) is 6.55. The van der Waals surface area contributed by atoms with Gasteiger partial charge in [0.1, 0.15) is 5.82 Å². The van der Waals surface area contributed by atoms with E-state index in [0.717, 1.165) is 6.54 Å². The molecule has 1 aromatic rings. The molecule has 4 heteroatoms. The summed E-state index contributed by atoms with van der Waals surface area (Å²) in [4.78, 5) is 4.06. The Bertz CT molecular complexity index is 318. The van der Waals surface area contributed by atoms with Crippen LogP contribution >= 0.6 is 0 Å². The zero-order valence-electron chi connectivity index (χ0n) is 10.0. The SMILES string of the molecule is CCNC(COC(C)C)c1ncccc1F. The van der Waals surface area contributed by atoms with E-state index >= 15 is 0 Å². The molecule has 0 spiro atoms. The molecule has 1 heterocycles. The van der Waals surface area contributed by atoms with E-state index in [9.17, 15) is 4.39 Å². The maximum atomic E-state index is 13.5. The van der Waals surface area contributed by atoms with E-state index < -0.39 is 0 Å². The molecule has 0 aromatic carbocycles. The summed E-state index contributed by atoms with van der Waals surface area (Å²) in [7, 11) is 0. The maximum absolute atomic E-state index is 13.5. The number of hydrogen-bond donors (Lipinski definition) is 1. The first-order valence-electron chi connectivity index (χ1n) is 5.60. The number of likely N-dealkylation sites (N-methyl/N-ethyl adjacent to an activating group) is 1. The minimum absolute atomic E-state index is 0.132. The molecule has 16 heavy (non-hydrogen) atoms. The van der Waals surface area contributed by atoms with Gasteiger partial charge in [-0.2, -0.15) is 0 Å². The quantitative estimate of drug-likeness (QED) is 0.808. The van der Waals surface area contributed by atoms with Gasteiger partial charge in [-0.25, -0.2) is 4.39 Å². The van der Waals surface area contributed by atoms with Crippen molar-refractivity contribution in [2.75, 3.05) is 13.2 Å². The van der Waals surface area contributed by atoms with Crippen LogP contribution in [0.4, 0.5) is 4.39 Å². The molecule has 0 fully saturated rings. The van der Waals surface area contributed by atoms with Gasteiger partial charge in [0.05, 0.1) is 24.4 Å². The van der Waals surface area contributed by atoms with Gasteiger partial charge in [0.25, 0.3) is 0 Å². The van der Waals surface area contributed by atoms with Gasteiger partial charge in [-0.15, -0.1) is 0 Å². The first kappa shape index (κ1) is 13.1. The number of nitrogens with one attached hydrogen (secondary N) is 1. The lowest BCUT2D eigenvalue weighted by atomic mass is 10.2. The van der Waals surface area contributed by atoms with Crippen molar-refractivity contribution in [1.82, 2.24) is 10.3 Å². The van der Waals surface area contributed by atoms with Gasteiger partial charge in [-0.1, -0.05) is 6.92 Å². The zero-order chi connectivity index (χ0) is 12.0. The lowest BCUT2D eigenvalue weighted by Crippen LogP contribution is -2.28. The second-order valence-corrected chi connectivity index (χ2v) is 3.86. The summed E-state index contributed by atoms with van der Waals surface area (Å²) in [6, 6.07) is 2.82. The third kappa shape index (κ3) is 3.87. The molecule has 0 bridgehead atoms. The van der Waals surface area contributed by atoms with Gasteiger partial charge in [0.15, 0.2) is 0 Å². The summed E-state index contributed by atoms with van der Waals surface area (Å²) in [5, 5.41) is 3.17. The van der Waals surface area contributed by atoms with Gasteiger partial charge >= 0.3 is 0 Å². The van der Waals surface area contributed by atoms with Crippen LogP contribution in [-0.2, 0) is 4.74 Å². The molecule has 1 atom stereocenters. The highest BCUT2D eigenvalue weighted by Gasteiger charge is 2.16. The molecule has 0 radical (unpaired) electrons. The Balaban J connectivity index is 2.73. The normalized spacial score (nSPS) is 13.1. The summed E-state index contributed by atoms with van der Waals surface area (Å²) in [6.07, 6.45) is 1.73. The average Bonchev–Trinajstić information content (AvgIpc) is 2.25. The van der Waals surface area contributed by atoms with Crippen molar-refractivity contribution in [3.63, 3.8) is 0 Å². The van der Waals surface area contributed by atoms with Gasteiger partial charge in [-0.05, 0) is 32.5 Å². The predicted molar refractivity (Wildman–Crippen MR) is 61.7 cm³/mol. The molecule has 3 nitrogen and oxygen atoms in total. The smallest absolute Gasteiger partial charge is 0.146 e. The first-order valence-corrected chi connectivity index (χ1v) is 5.60. The van der Waals surface area contributed by atoms with Gasteiger partial charge < -0.3 is 10.1 Å². The third-order valence-corrected chi connectivity index (χ3v) is 2.16. The van der Waals surface area contributed by atoms with E-state index in [1.54, 1.807) is 12.3 Å². The standard InChI is InChI=1S/C12H19FN2O/c1-4-14-11(8-16-9(2)3)12-10(13)6-5-7-15-12/h5-7,9,11,14H,4,8H2,1-3H3. The molecule has 1 aromatic heterocycles. The lowest BCUT2D eigenvalue weighted by molar-refractivity contribution is 0.0598. The number of halogens is 1. The highest BCUT2D eigenvalue weighted by Crippen LogP contribution is 2.14. The van der Waals surface area contributed by atoms with Crippen molar-refractivity contribution >= 4 is 0 Å². The predicted octanol–water partition coefficient (Wildman–Crippen LogP) is 2.30. The maximum Gasteiger partial charge on any atom is 0.146 e. The van der Waals surface area contributed by atoms with E-state index in [4.69, 9.17) is 4.74 Å². The van der Waals surface area contributed by atoms with Crippen LogP contribution in [0.3, 0.4) is 0 Å². The van der Waals surface area contributed by atoms with Crippen LogP contribution in [0.1, 0.15) is 32.5 Å².